The largest absolute Gasteiger partial charge is 0.462 e. The van der Waals surface area contributed by atoms with Crippen LogP contribution in [0.3, 0.4) is 0 Å². The van der Waals surface area contributed by atoms with Gasteiger partial charge in [-0.2, -0.15) is 0 Å². The van der Waals surface area contributed by atoms with Crippen molar-refractivity contribution in [2.45, 2.75) is 341 Å². The van der Waals surface area contributed by atoms with Gasteiger partial charge in [0.15, 0.2) is 6.10 Å². The molecular weight excluding hydrogens is 985 g/mol. The van der Waals surface area contributed by atoms with Crippen LogP contribution in [-0.2, 0) is 28.6 Å². The zero-order valence-electron chi connectivity index (χ0n) is 52.8. The summed E-state index contributed by atoms with van der Waals surface area (Å²) in [4.78, 5) is 38.3. The van der Waals surface area contributed by atoms with Gasteiger partial charge in [-0.15, -0.1) is 0 Å². The lowest BCUT2D eigenvalue weighted by atomic mass is 10.0. The molecule has 0 saturated carbocycles. The molecule has 460 valence electrons. The number of carbonyl (C=O) groups is 3. The molecule has 0 aromatic carbocycles. The summed E-state index contributed by atoms with van der Waals surface area (Å²) in [5.41, 5.74) is 0. The Bertz CT molecular complexity index is 1560. The Morgan fingerprint density at radius 1 is 0.263 bits per heavy atom. The molecule has 0 rings (SSSR count). The number of rotatable bonds is 62. The van der Waals surface area contributed by atoms with Crippen molar-refractivity contribution in [1.82, 2.24) is 0 Å². The Morgan fingerprint density at radius 3 is 0.800 bits per heavy atom. The molecule has 0 aromatic heterocycles. The van der Waals surface area contributed by atoms with Crippen molar-refractivity contribution in [1.29, 1.82) is 0 Å². The molecule has 0 aliphatic rings. The van der Waals surface area contributed by atoms with Crippen molar-refractivity contribution in [2.24, 2.45) is 0 Å². The van der Waals surface area contributed by atoms with E-state index in [1.165, 1.54) is 167 Å². The zero-order valence-corrected chi connectivity index (χ0v) is 52.8. The molecule has 0 bridgehead atoms. The number of allylic oxidation sites excluding steroid dienone is 16. The molecule has 0 heterocycles. The van der Waals surface area contributed by atoms with E-state index >= 15 is 0 Å². The van der Waals surface area contributed by atoms with Gasteiger partial charge in [0, 0.05) is 19.3 Å². The maximum atomic E-state index is 12.9. The standard InChI is InChI=1S/C74H128O6/c1-4-7-10-13-16-19-22-25-28-29-30-31-32-33-34-35-36-37-38-39-40-41-42-43-44-45-47-49-52-55-58-61-64-67-73(76)79-70-71(69-78-72(75)66-63-60-57-54-51-48-27-24-21-18-15-12-9-6-3)80-74(77)68-65-62-59-56-53-50-46-26-23-20-17-14-11-8-5-2/h7,10,15-20,24-28,30-31,46,71H,4-6,8-9,11-14,21-23,29,32-45,47-70H2,1-3H3/b10-7-,18-15-,19-16-,20-17-,27-24-,28-25-,31-30-,46-26-. The number of hydrogen-bond acceptors (Lipinski definition) is 6. The number of unbranched alkanes of at least 4 members (excludes halogenated alkanes) is 35. The van der Waals surface area contributed by atoms with Crippen LogP contribution in [0.2, 0.25) is 0 Å². The Balaban J connectivity index is 4.16. The highest BCUT2D eigenvalue weighted by Crippen LogP contribution is 2.17. The Hall–Kier alpha value is -3.67. The highest BCUT2D eigenvalue weighted by molar-refractivity contribution is 5.71. The van der Waals surface area contributed by atoms with Crippen LogP contribution in [0.5, 0.6) is 0 Å². The van der Waals surface area contributed by atoms with Gasteiger partial charge in [0.05, 0.1) is 0 Å². The summed E-state index contributed by atoms with van der Waals surface area (Å²) in [5, 5.41) is 0. The molecule has 1 atom stereocenters. The summed E-state index contributed by atoms with van der Waals surface area (Å²) in [6.07, 6.45) is 91.5. The molecule has 0 amide bonds. The van der Waals surface area contributed by atoms with E-state index in [2.05, 4.69) is 118 Å². The number of hydrogen-bond donors (Lipinski definition) is 0. The third-order valence-electron chi connectivity index (χ3n) is 14.8. The van der Waals surface area contributed by atoms with Crippen molar-refractivity contribution in [3.63, 3.8) is 0 Å². The van der Waals surface area contributed by atoms with Crippen LogP contribution in [0.15, 0.2) is 97.2 Å². The van der Waals surface area contributed by atoms with E-state index in [4.69, 9.17) is 14.2 Å². The maximum Gasteiger partial charge on any atom is 0.306 e. The molecule has 6 heteroatoms. The van der Waals surface area contributed by atoms with Gasteiger partial charge in [-0.1, -0.05) is 298 Å². The minimum absolute atomic E-state index is 0.0844. The maximum absolute atomic E-state index is 12.9. The number of ether oxygens (including phenoxy) is 3. The molecule has 0 aliphatic heterocycles. The quantitative estimate of drug-likeness (QED) is 0.0261. The van der Waals surface area contributed by atoms with Crippen LogP contribution in [0.4, 0.5) is 0 Å². The first-order valence-electron chi connectivity index (χ1n) is 34.2. The molecule has 0 aliphatic carbocycles. The first-order chi connectivity index (χ1) is 39.5. The summed E-state index contributed by atoms with van der Waals surface area (Å²) in [6.45, 7) is 6.47. The number of carbonyl (C=O) groups excluding carboxylic acids is 3. The molecular formula is C74H128O6. The first-order valence-corrected chi connectivity index (χ1v) is 34.2. The smallest absolute Gasteiger partial charge is 0.306 e. The van der Waals surface area contributed by atoms with E-state index < -0.39 is 6.10 Å². The van der Waals surface area contributed by atoms with E-state index in [9.17, 15) is 14.4 Å². The van der Waals surface area contributed by atoms with E-state index in [-0.39, 0.29) is 31.1 Å². The first kappa shape index (κ1) is 76.3. The monoisotopic (exact) mass is 1110 g/mol. The summed E-state index contributed by atoms with van der Waals surface area (Å²) in [6, 6.07) is 0. The molecule has 6 nitrogen and oxygen atoms in total. The SMILES string of the molecule is CC/C=C\C/C=C\C/C=C\C/C=C\CCCCCCCCCCCCCCCCCCCCCCC(=O)OCC(COC(=O)CCCCCCC/C=C\C/C=C\CCCC)OC(=O)CCCCCCC/C=C\C/C=C\CCCCC. The van der Waals surface area contributed by atoms with E-state index in [0.717, 1.165) is 128 Å². The lowest BCUT2D eigenvalue weighted by Crippen LogP contribution is -2.30. The second-order valence-electron chi connectivity index (χ2n) is 22.7. The van der Waals surface area contributed by atoms with Crippen LogP contribution in [0, 0.1) is 0 Å². The minimum Gasteiger partial charge on any atom is -0.462 e. The number of esters is 3. The fraction of sp³-hybridized carbons (Fsp3) is 0.743. The van der Waals surface area contributed by atoms with Gasteiger partial charge < -0.3 is 14.2 Å². The van der Waals surface area contributed by atoms with Crippen LogP contribution in [-0.4, -0.2) is 37.2 Å². The minimum atomic E-state index is -0.790. The van der Waals surface area contributed by atoms with Gasteiger partial charge in [0.1, 0.15) is 13.2 Å². The van der Waals surface area contributed by atoms with Gasteiger partial charge in [-0.05, 0) is 116 Å². The van der Waals surface area contributed by atoms with Crippen molar-refractivity contribution in [3.8, 4) is 0 Å². The Labute approximate surface area is 496 Å². The van der Waals surface area contributed by atoms with Crippen LogP contribution in [0.25, 0.3) is 0 Å². The molecule has 0 aromatic rings. The van der Waals surface area contributed by atoms with Crippen LogP contribution < -0.4 is 0 Å². The van der Waals surface area contributed by atoms with Crippen LogP contribution >= 0.6 is 0 Å². The predicted molar refractivity (Wildman–Crippen MR) is 348 cm³/mol. The topological polar surface area (TPSA) is 78.9 Å². The van der Waals surface area contributed by atoms with Crippen molar-refractivity contribution < 1.29 is 28.6 Å². The molecule has 1 unspecified atom stereocenters. The highest BCUT2D eigenvalue weighted by atomic mass is 16.6. The fourth-order valence-electron chi connectivity index (χ4n) is 9.66. The second kappa shape index (κ2) is 67.8. The van der Waals surface area contributed by atoms with Gasteiger partial charge >= 0.3 is 17.9 Å². The Kier molecular flexibility index (Phi) is 64.7. The highest BCUT2D eigenvalue weighted by Gasteiger charge is 2.19. The Morgan fingerprint density at radius 2 is 0.500 bits per heavy atom. The van der Waals surface area contributed by atoms with E-state index in [0.29, 0.717) is 19.3 Å². The zero-order chi connectivity index (χ0) is 57.8. The molecule has 80 heavy (non-hydrogen) atoms. The lowest BCUT2D eigenvalue weighted by molar-refractivity contribution is -0.167. The van der Waals surface area contributed by atoms with Crippen molar-refractivity contribution >= 4 is 17.9 Å². The normalized spacial score (nSPS) is 12.7. The van der Waals surface area contributed by atoms with E-state index in [1.54, 1.807) is 0 Å². The van der Waals surface area contributed by atoms with Gasteiger partial charge in [0.25, 0.3) is 0 Å². The molecule has 0 fully saturated rings. The van der Waals surface area contributed by atoms with E-state index in [1.807, 2.05) is 0 Å². The van der Waals surface area contributed by atoms with Gasteiger partial charge in [-0.3, -0.25) is 14.4 Å². The van der Waals surface area contributed by atoms with Crippen LogP contribution in [0.1, 0.15) is 335 Å². The average molecular weight is 1110 g/mol. The summed E-state index contributed by atoms with van der Waals surface area (Å²) in [7, 11) is 0. The summed E-state index contributed by atoms with van der Waals surface area (Å²) >= 11 is 0. The molecule has 0 spiro atoms. The van der Waals surface area contributed by atoms with Crippen molar-refractivity contribution in [2.75, 3.05) is 13.2 Å². The van der Waals surface area contributed by atoms with Gasteiger partial charge in [-0.25, -0.2) is 0 Å². The lowest BCUT2D eigenvalue weighted by Gasteiger charge is -2.18. The fourth-order valence-corrected chi connectivity index (χ4v) is 9.66. The van der Waals surface area contributed by atoms with Crippen molar-refractivity contribution in [3.05, 3.63) is 97.2 Å². The van der Waals surface area contributed by atoms with Gasteiger partial charge in [0.2, 0.25) is 0 Å². The predicted octanol–water partition coefficient (Wildman–Crippen LogP) is 23.6. The third kappa shape index (κ3) is 65.1. The molecule has 0 radical (unpaired) electrons. The summed E-state index contributed by atoms with van der Waals surface area (Å²) < 4.78 is 16.9. The molecule has 0 N–H and O–H groups in total. The molecule has 0 saturated heterocycles. The average Bonchev–Trinajstić information content (AvgIpc) is 3.46. The third-order valence-corrected chi connectivity index (χ3v) is 14.8. The second-order valence-corrected chi connectivity index (χ2v) is 22.7. The summed E-state index contributed by atoms with van der Waals surface area (Å²) in [5.74, 6) is -0.899.